The Morgan fingerprint density at radius 3 is 2.57 bits per heavy atom. The smallest absolute Gasteiger partial charge is 0.162 e. The van der Waals surface area contributed by atoms with Gasteiger partial charge in [0.25, 0.3) is 0 Å². The molecule has 1 N–H and O–H groups in total. The first kappa shape index (κ1) is 18.0. The third kappa shape index (κ3) is 2.98. The minimum Gasteiger partial charge on any atom is -0.493 e. The van der Waals surface area contributed by atoms with Gasteiger partial charge in [-0.2, -0.15) is 5.10 Å². The second-order valence-electron chi connectivity index (χ2n) is 6.76. The average molecular weight is 377 g/mol. The van der Waals surface area contributed by atoms with Crippen LogP contribution in [0, 0.1) is 6.92 Å². The molecule has 0 aliphatic heterocycles. The molecule has 2 aromatic carbocycles. The summed E-state index contributed by atoms with van der Waals surface area (Å²) in [5, 5.41) is 9.93. The number of hydrogen-bond acceptors (Lipinski definition) is 6. The van der Waals surface area contributed by atoms with Crippen molar-refractivity contribution in [1.29, 1.82) is 0 Å². The number of aryl methyl sites for hydroxylation is 2. The van der Waals surface area contributed by atoms with Gasteiger partial charge < -0.3 is 14.8 Å². The van der Waals surface area contributed by atoms with Gasteiger partial charge in [0, 0.05) is 23.9 Å². The summed E-state index contributed by atoms with van der Waals surface area (Å²) in [7, 11) is 5.20. The van der Waals surface area contributed by atoms with E-state index >= 15 is 0 Å². The predicted molar refractivity (Wildman–Crippen MR) is 110 cm³/mol. The highest BCUT2D eigenvalue weighted by Gasteiger charge is 2.17. The van der Waals surface area contributed by atoms with Gasteiger partial charge in [0.1, 0.15) is 11.6 Å². The Morgan fingerprint density at radius 2 is 1.82 bits per heavy atom. The number of rotatable bonds is 5. The summed E-state index contributed by atoms with van der Waals surface area (Å²) in [5.41, 5.74) is 3.07. The zero-order valence-corrected chi connectivity index (χ0v) is 16.6. The van der Waals surface area contributed by atoms with Crippen LogP contribution in [0.15, 0.2) is 36.5 Å². The zero-order chi connectivity index (χ0) is 19.8. The fraction of sp³-hybridized carbons (Fsp3) is 0.286. The highest BCUT2D eigenvalue weighted by molar-refractivity contribution is 5.92. The van der Waals surface area contributed by atoms with Crippen LogP contribution in [0.2, 0.25) is 0 Å². The molecule has 0 aliphatic carbocycles. The largest absolute Gasteiger partial charge is 0.493 e. The molecule has 2 heterocycles. The van der Waals surface area contributed by atoms with Crippen LogP contribution in [0.4, 0.5) is 5.82 Å². The third-order valence-electron chi connectivity index (χ3n) is 4.92. The normalized spacial score (nSPS) is 12.3. The molecule has 0 saturated heterocycles. The lowest BCUT2D eigenvalue weighted by molar-refractivity contribution is 0.356. The second-order valence-corrected chi connectivity index (χ2v) is 6.76. The van der Waals surface area contributed by atoms with Gasteiger partial charge in [-0.1, -0.05) is 18.2 Å². The molecule has 1 atom stereocenters. The zero-order valence-electron chi connectivity index (χ0n) is 16.6. The van der Waals surface area contributed by atoms with E-state index in [0.29, 0.717) is 17.3 Å². The van der Waals surface area contributed by atoms with Gasteiger partial charge in [-0.25, -0.2) is 9.97 Å². The summed E-state index contributed by atoms with van der Waals surface area (Å²) in [6, 6.07) is 10.0. The molecule has 0 aliphatic rings. The van der Waals surface area contributed by atoms with E-state index < -0.39 is 0 Å². The van der Waals surface area contributed by atoms with Crippen molar-refractivity contribution in [2.24, 2.45) is 7.05 Å². The number of ether oxygens (including phenoxy) is 2. The molecule has 0 radical (unpaired) electrons. The van der Waals surface area contributed by atoms with E-state index in [1.54, 1.807) is 14.2 Å². The van der Waals surface area contributed by atoms with Crippen molar-refractivity contribution in [2.75, 3.05) is 19.5 Å². The highest BCUT2D eigenvalue weighted by Crippen LogP contribution is 2.35. The lowest BCUT2D eigenvalue weighted by atomic mass is 10.0. The van der Waals surface area contributed by atoms with Crippen LogP contribution in [0.5, 0.6) is 11.5 Å². The van der Waals surface area contributed by atoms with Gasteiger partial charge in [-0.3, -0.25) is 4.68 Å². The number of fused-ring (bicyclic) bond motifs is 2. The topological polar surface area (TPSA) is 74.1 Å². The van der Waals surface area contributed by atoms with Gasteiger partial charge in [-0.05, 0) is 25.5 Å². The third-order valence-corrected chi connectivity index (χ3v) is 4.92. The average Bonchev–Trinajstić information content (AvgIpc) is 3.08. The Balaban J connectivity index is 1.81. The van der Waals surface area contributed by atoms with E-state index in [-0.39, 0.29) is 6.04 Å². The Bertz CT molecular complexity index is 1170. The van der Waals surface area contributed by atoms with Gasteiger partial charge in [0.2, 0.25) is 0 Å². The molecule has 0 amide bonds. The Morgan fingerprint density at radius 1 is 1.07 bits per heavy atom. The molecule has 4 aromatic rings. The number of benzene rings is 2. The number of anilines is 1. The summed E-state index contributed by atoms with van der Waals surface area (Å²) < 4.78 is 12.8. The van der Waals surface area contributed by atoms with E-state index in [1.807, 2.05) is 37.0 Å². The quantitative estimate of drug-likeness (QED) is 0.566. The monoisotopic (exact) mass is 377 g/mol. The standard InChI is InChI=1S/C21H23N5O2/c1-12(15-8-6-7-14-11-22-26(3)20(14)15)23-21-16-9-18(27-4)19(28-5)10-17(16)24-13(2)25-21/h6-12H,1-5H3,(H,23,24,25). The molecule has 7 nitrogen and oxygen atoms in total. The lowest BCUT2D eigenvalue weighted by Crippen LogP contribution is -2.11. The molecule has 0 saturated carbocycles. The molecule has 1 unspecified atom stereocenters. The summed E-state index contributed by atoms with van der Waals surface area (Å²) in [5.74, 6) is 2.74. The predicted octanol–water partition coefficient (Wildman–Crippen LogP) is 4.02. The van der Waals surface area contributed by atoms with Crippen LogP contribution in [0.3, 0.4) is 0 Å². The van der Waals surface area contributed by atoms with E-state index in [0.717, 1.165) is 33.2 Å². The SMILES string of the molecule is COc1cc2nc(C)nc(NC(C)c3cccc4cnn(C)c34)c2cc1OC. The number of hydrogen-bond donors (Lipinski definition) is 1. The Labute approximate surface area is 163 Å². The maximum absolute atomic E-state index is 5.46. The second kappa shape index (κ2) is 6.99. The summed E-state index contributed by atoms with van der Waals surface area (Å²) >= 11 is 0. The summed E-state index contributed by atoms with van der Waals surface area (Å²) in [6.45, 7) is 4.00. The number of para-hydroxylation sites is 1. The van der Waals surface area contributed by atoms with Crippen molar-refractivity contribution in [3.63, 3.8) is 0 Å². The Hall–Kier alpha value is -3.35. The van der Waals surface area contributed by atoms with Crippen LogP contribution < -0.4 is 14.8 Å². The molecule has 4 rings (SSSR count). The maximum atomic E-state index is 5.46. The minimum absolute atomic E-state index is 0.0182. The van der Waals surface area contributed by atoms with E-state index in [4.69, 9.17) is 9.47 Å². The number of aromatic nitrogens is 4. The molecular weight excluding hydrogens is 354 g/mol. The van der Waals surface area contributed by atoms with Crippen LogP contribution in [-0.4, -0.2) is 34.0 Å². The summed E-state index contributed by atoms with van der Waals surface area (Å²) in [4.78, 5) is 9.20. The number of methoxy groups -OCH3 is 2. The maximum Gasteiger partial charge on any atom is 0.162 e. The van der Waals surface area contributed by atoms with Crippen molar-refractivity contribution in [3.8, 4) is 11.5 Å². The molecule has 28 heavy (non-hydrogen) atoms. The fourth-order valence-electron chi connectivity index (χ4n) is 3.58. The molecule has 0 fully saturated rings. The first-order valence-corrected chi connectivity index (χ1v) is 9.09. The van der Waals surface area contributed by atoms with Gasteiger partial charge in [-0.15, -0.1) is 0 Å². The molecule has 0 bridgehead atoms. The van der Waals surface area contributed by atoms with Crippen molar-refractivity contribution in [1.82, 2.24) is 19.7 Å². The van der Waals surface area contributed by atoms with Crippen LogP contribution >= 0.6 is 0 Å². The van der Waals surface area contributed by atoms with Crippen LogP contribution in [-0.2, 0) is 7.05 Å². The van der Waals surface area contributed by atoms with Gasteiger partial charge in [0.15, 0.2) is 11.5 Å². The van der Waals surface area contributed by atoms with E-state index in [2.05, 4.69) is 45.5 Å². The molecule has 0 spiro atoms. The number of nitrogens with one attached hydrogen (secondary N) is 1. The molecule has 144 valence electrons. The van der Waals surface area contributed by atoms with Crippen LogP contribution in [0.25, 0.3) is 21.8 Å². The van der Waals surface area contributed by atoms with Crippen molar-refractivity contribution in [2.45, 2.75) is 19.9 Å². The van der Waals surface area contributed by atoms with Crippen LogP contribution in [0.1, 0.15) is 24.4 Å². The lowest BCUT2D eigenvalue weighted by Gasteiger charge is -2.19. The van der Waals surface area contributed by atoms with Crippen molar-refractivity contribution < 1.29 is 9.47 Å². The molecular formula is C21H23N5O2. The highest BCUT2D eigenvalue weighted by atomic mass is 16.5. The number of nitrogens with zero attached hydrogens (tertiary/aromatic N) is 4. The van der Waals surface area contributed by atoms with Crippen molar-refractivity contribution in [3.05, 3.63) is 47.9 Å². The fourth-order valence-corrected chi connectivity index (χ4v) is 3.58. The first-order chi connectivity index (χ1) is 13.5. The summed E-state index contributed by atoms with van der Waals surface area (Å²) in [6.07, 6.45) is 1.88. The first-order valence-electron chi connectivity index (χ1n) is 9.09. The molecule has 7 heteroatoms. The van der Waals surface area contributed by atoms with Gasteiger partial charge >= 0.3 is 0 Å². The van der Waals surface area contributed by atoms with Crippen molar-refractivity contribution >= 4 is 27.6 Å². The minimum atomic E-state index is 0.0182. The van der Waals surface area contributed by atoms with E-state index in [9.17, 15) is 0 Å². The van der Waals surface area contributed by atoms with Gasteiger partial charge in [0.05, 0.1) is 37.5 Å². The Kier molecular flexibility index (Phi) is 4.50. The molecule has 2 aromatic heterocycles. The van der Waals surface area contributed by atoms with E-state index in [1.165, 1.54) is 0 Å².